The van der Waals surface area contributed by atoms with E-state index in [0.717, 1.165) is 11.0 Å². The molecule has 2 aromatic rings. The fourth-order valence-electron chi connectivity index (χ4n) is 1.60. The summed E-state index contributed by atoms with van der Waals surface area (Å²) in [7, 11) is 0. The second-order valence-electron chi connectivity index (χ2n) is 4.15. The van der Waals surface area contributed by atoms with Crippen molar-refractivity contribution in [2.24, 2.45) is 5.73 Å². The molecule has 0 saturated carbocycles. The molecule has 0 aliphatic heterocycles. The third kappa shape index (κ3) is 3.43. The summed E-state index contributed by atoms with van der Waals surface area (Å²) in [4.78, 5) is 11.7. The average molecular weight is 311 g/mol. The molecular weight excluding hydrogens is 299 g/mol. The second-order valence-corrected chi connectivity index (χ2v) is 5.57. The van der Waals surface area contributed by atoms with E-state index >= 15 is 0 Å². The van der Waals surface area contributed by atoms with E-state index in [4.69, 9.17) is 23.1 Å². The molecule has 104 valence electrons. The largest absolute Gasteiger partial charge is 0.399 e. The summed E-state index contributed by atoms with van der Waals surface area (Å²) in [5.74, 6) is -0.732. The van der Waals surface area contributed by atoms with E-state index in [0.29, 0.717) is 22.0 Å². The zero-order chi connectivity index (χ0) is 14.7. The van der Waals surface area contributed by atoms with Crippen molar-refractivity contribution in [2.45, 2.75) is 10.6 Å². The van der Waals surface area contributed by atoms with E-state index in [-0.39, 0.29) is 5.56 Å². The molecule has 0 radical (unpaired) electrons. The maximum atomic E-state index is 13.8. The summed E-state index contributed by atoms with van der Waals surface area (Å²) in [5, 5.41) is 0.568. The molecule has 0 unspecified atom stereocenters. The molecule has 0 spiro atoms. The lowest BCUT2D eigenvalue weighted by Crippen LogP contribution is -2.11. The minimum Gasteiger partial charge on any atom is -0.399 e. The van der Waals surface area contributed by atoms with Gasteiger partial charge < -0.3 is 11.5 Å². The van der Waals surface area contributed by atoms with Crippen LogP contribution in [0.5, 0.6) is 0 Å². The lowest BCUT2D eigenvalue weighted by atomic mass is 10.1. The monoisotopic (exact) mass is 310 g/mol. The molecule has 1 amide bonds. The highest BCUT2D eigenvalue weighted by atomic mass is 35.5. The first kappa shape index (κ1) is 14.7. The lowest BCUT2D eigenvalue weighted by molar-refractivity contribution is 0.1000. The van der Waals surface area contributed by atoms with E-state index in [9.17, 15) is 9.18 Å². The molecule has 4 N–H and O–H groups in total. The Morgan fingerprint density at radius 3 is 2.65 bits per heavy atom. The van der Waals surface area contributed by atoms with Gasteiger partial charge in [0.1, 0.15) is 5.82 Å². The van der Waals surface area contributed by atoms with Crippen molar-refractivity contribution in [2.75, 3.05) is 5.73 Å². The van der Waals surface area contributed by atoms with Crippen molar-refractivity contribution in [3.63, 3.8) is 0 Å². The van der Waals surface area contributed by atoms with Gasteiger partial charge in [0.05, 0.1) is 5.02 Å². The van der Waals surface area contributed by atoms with Gasteiger partial charge in [-0.25, -0.2) is 4.39 Å². The molecule has 2 rings (SSSR count). The topological polar surface area (TPSA) is 69.1 Å². The summed E-state index contributed by atoms with van der Waals surface area (Å²) in [6.45, 7) is 0. The molecule has 0 atom stereocenters. The Bertz CT molecular complexity index is 664. The van der Waals surface area contributed by atoms with Crippen LogP contribution in [-0.4, -0.2) is 5.91 Å². The highest BCUT2D eigenvalue weighted by Gasteiger charge is 2.09. The summed E-state index contributed by atoms with van der Waals surface area (Å²) >= 11 is 7.41. The standard InChI is InChI=1S/C14H12ClFN2OS/c15-11-4-3-10(17)6-13(11)20-7-9-2-1-8(14(18)19)5-12(9)16/h1-6H,7,17H2,(H2,18,19). The molecule has 0 aromatic heterocycles. The molecule has 3 nitrogen and oxygen atoms in total. The molecular formula is C14H12ClFN2OS. The van der Waals surface area contributed by atoms with Gasteiger partial charge in [0, 0.05) is 21.9 Å². The Hall–Kier alpha value is -1.72. The van der Waals surface area contributed by atoms with Crippen molar-refractivity contribution in [1.29, 1.82) is 0 Å². The third-order valence-electron chi connectivity index (χ3n) is 2.68. The van der Waals surface area contributed by atoms with Crippen LogP contribution in [0.1, 0.15) is 15.9 Å². The van der Waals surface area contributed by atoms with Crippen LogP contribution in [0.25, 0.3) is 0 Å². The van der Waals surface area contributed by atoms with Gasteiger partial charge in [0.2, 0.25) is 5.91 Å². The van der Waals surface area contributed by atoms with Gasteiger partial charge in [-0.2, -0.15) is 0 Å². The number of hydrogen-bond donors (Lipinski definition) is 2. The van der Waals surface area contributed by atoms with E-state index in [1.807, 2.05) is 0 Å². The number of halogens is 2. The fourth-order valence-corrected chi connectivity index (χ4v) is 2.86. The van der Waals surface area contributed by atoms with Gasteiger partial charge in [-0.3, -0.25) is 4.79 Å². The first-order valence-corrected chi connectivity index (χ1v) is 7.10. The summed E-state index contributed by atoms with van der Waals surface area (Å²) in [6.07, 6.45) is 0. The zero-order valence-electron chi connectivity index (χ0n) is 10.4. The predicted octanol–water partition coefficient (Wildman–Crippen LogP) is 3.45. The molecule has 20 heavy (non-hydrogen) atoms. The average Bonchev–Trinajstić information content (AvgIpc) is 2.40. The Morgan fingerprint density at radius 2 is 2.00 bits per heavy atom. The number of carbonyl (C=O) groups is 1. The molecule has 2 aromatic carbocycles. The first-order chi connectivity index (χ1) is 9.47. The number of carbonyl (C=O) groups excluding carboxylic acids is 1. The molecule has 0 bridgehead atoms. The van der Waals surface area contributed by atoms with Crippen LogP contribution >= 0.6 is 23.4 Å². The number of thioether (sulfide) groups is 1. The number of primary amides is 1. The number of amides is 1. The zero-order valence-corrected chi connectivity index (χ0v) is 12.0. The Morgan fingerprint density at radius 1 is 1.25 bits per heavy atom. The van der Waals surface area contributed by atoms with Crippen LogP contribution in [-0.2, 0) is 5.75 Å². The van der Waals surface area contributed by atoms with Gasteiger partial charge in [-0.15, -0.1) is 11.8 Å². The molecule has 0 aliphatic carbocycles. The quantitative estimate of drug-likeness (QED) is 0.671. The maximum absolute atomic E-state index is 13.8. The van der Waals surface area contributed by atoms with Crippen LogP contribution in [0, 0.1) is 5.82 Å². The number of nitrogens with two attached hydrogens (primary N) is 2. The Labute approximate surface area is 125 Å². The SMILES string of the molecule is NC(=O)c1ccc(CSc2cc(N)ccc2Cl)c(F)c1. The number of rotatable bonds is 4. The van der Waals surface area contributed by atoms with Gasteiger partial charge in [0.15, 0.2) is 0 Å². The minimum absolute atomic E-state index is 0.151. The fraction of sp³-hybridized carbons (Fsp3) is 0.0714. The number of hydrogen-bond acceptors (Lipinski definition) is 3. The first-order valence-electron chi connectivity index (χ1n) is 5.73. The second kappa shape index (κ2) is 6.15. The van der Waals surface area contributed by atoms with E-state index in [2.05, 4.69) is 0 Å². The van der Waals surface area contributed by atoms with Crippen molar-refractivity contribution >= 4 is 35.0 Å². The van der Waals surface area contributed by atoms with Crippen LogP contribution in [0.3, 0.4) is 0 Å². The van der Waals surface area contributed by atoms with Crippen molar-refractivity contribution < 1.29 is 9.18 Å². The molecule has 6 heteroatoms. The van der Waals surface area contributed by atoms with Crippen molar-refractivity contribution in [3.8, 4) is 0 Å². The number of nitrogen functional groups attached to an aromatic ring is 1. The van der Waals surface area contributed by atoms with Gasteiger partial charge >= 0.3 is 0 Å². The molecule has 0 saturated heterocycles. The Kier molecular flexibility index (Phi) is 4.52. The van der Waals surface area contributed by atoms with Crippen LogP contribution in [0.4, 0.5) is 10.1 Å². The highest BCUT2D eigenvalue weighted by molar-refractivity contribution is 7.98. The van der Waals surface area contributed by atoms with E-state index in [1.54, 1.807) is 24.3 Å². The summed E-state index contributed by atoms with van der Waals surface area (Å²) < 4.78 is 13.8. The lowest BCUT2D eigenvalue weighted by Gasteiger charge is -2.07. The number of anilines is 1. The summed E-state index contributed by atoms with van der Waals surface area (Å²) in [6, 6.07) is 9.33. The highest BCUT2D eigenvalue weighted by Crippen LogP contribution is 2.32. The van der Waals surface area contributed by atoms with E-state index in [1.165, 1.54) is 17.8 Å². The van der Waals surface area contributed by atoms with Crippen molar-refractivity contribution in [3.05, 3.63) is 58.4 Å². The predicted molar refractivity (Wildman–Crippen MR) is 80.3 cm³/mol. The van der Waals surface area contributed by atoms with Crippen LogP contribution in [0.2, 0.25) is 5.02 Å². The van der Waals surface area contributed by atoms with Gasteiger partial charge in [0.25, 0.3) is 0 Å². The van der Waals surface area contributed by atoms with Crippen molar-refractivity contribution in [1.82, 2.24) is 0 Å². The molecule has 0 fully saturated rings. The normalized spacial score (nSPS) is 10.5. The smallest absolute Gasteiger partial charge is 0.248 e. The summed E-state index contributed by atoms with van der Waals surface area (Å²) in [5.41, 5.74) is 12.0. The van der Waals surface area contributed by atoms with Gasteiger partial charge in [-0.05, 0) is 35.9 Å². The molecule has 0 heterocycles. The maximum Gasteiger partial charge on any atom is 0.248 e. The number of benzene rings is 2. The minimum atomic E-state index is -0.651. The third-order valence-corrected chi connectivity index (χ3v) is 4.22. The molecule has 0 aliphatic rings. The van der Waals surface area contributed by atoms with Crippen LogP contribution in [0.15, 0.2) is 41.3 Å². The van der Waals surface area contributed by atoms with Gasteiger partial charge in [-0.1, -0.05) is 17.7 Å². The van der Waals surface area contributed by atoms with Crippen LogP contribution < -0.4 is 11.5 Å². The van der Waals surface area contributed by atoms with E-state index < -0.39 is 11.7 Å². The Balaban J connectivity index is 2.15.